The number of rotatable bonds is 5. The van der Waals surface area contributed by atoms with Gasteiger partial charge in [-0.05, 0) is 19.1 Å². The molecule has 3 aromatic rings. The van der Waals surface area contributed by atoms with Crippen LogP contribution < -0.4 is 10.2 Å². The van der Waals surface area contributed by atoms with Crippen molar-refractivity contribution in [2.75, 3.05) is 0 Å². The van der Waals surface area contributed by atoms with Crippen LogP contribution in [0.2, 0.25) is 0 Å². The molecule has 0 saturated heterocycles. The van der Waals surface area contributed by atoms with E-state index in [4.69, 9.17) is 0 Å². The molecule has 0 spiro atoms. The van der Waals surface area contributed by atoms with Gasteiger partial charge in [-0.1, -0.05) is 57.9 Å². The summed E-state index contributed by atoms with van der Waals surface area (Å²) in [5.74, 6) is -0.582. The van der Waals surface area contributed by atoms with Gasteiger partial charge in [-0.15, -0.1) is 4.68 Å². The van der Waals surface area contributed by atoms with Crippen LogP contribution in [0.3, 0.4) is 0 Å². The molecule has 0 saturated carbocycles. The highest BCUT2D eigenvalue weighted by Crippen LogP contribution is 2.05. The lowest BCUT2D eigenvalue weighted by Gasteiger charge is -2.00. The van der Waals surface area contributed by atoms with E-state index in [1.807, 2.05) is 25.1 Å². The van der Waals surface area contributed by atoms with Crippen LogP contribution in [0.1, 0.15) is 33.3 Å². The summed E-state index contributed by atoms with van der Waals surface area (Å²) in [6.45, 7) is 3.13. The van der Waals surface area contributed by atoms with Crippen LogP contribution in [0.15, 0.2) is 59.4 Å². The number of nitrogens with zero attached hydrogens (tertiary/aromatic N) is 2. The number of ketones is 2. The maximum absolute atomic E-state index is 12.6. The summed E-state index contributed by atoms with van der Waals surface area (Å²) in [6.07, 6.45) is 0. The maximum Gasteiger partial charge on any atom is 0.409 e. The number of H-pyrrole nitrogens is 1. The highest BCUT2D eigenvalue weighted by Gasteiger charge is 2.28. The predicted octanol–water partition coefficient (Wildman–Crippen LogP) is 1.85. The van der Waals surface area contributed by atoms with E-state index in [1.54, 1.807) is 36.4 Å². The minimum absolute atomic E-state index is 0.0516. The molecular weight excluding hydrogens is 318 g/mol. The molecular formula is C19H18N3O3+. The number of hydrogen-bond donors (Lipinski definition) is 1. The minimum Gasteiger partial charge on any atom is -0.290 e. The fraction of sp³-hybridized carbons (Fsp3) is 0.158. The molecule has 126 valence electrons. The maximum atomic E-state index is 12.6. The standard InChI is InChI=1S/C19H17N3O3/c1-13-8-10-15(11-9-13)17(24)12-21-18(14(2)23)19(25)22(20-21)16-6-4-3-5-7-16/h3-11H,12H2,1-2H3/p+1. The zero-order chi connectivity index (χ0) is 18.0. The summed E-state index contributed by atoms with van der Waals surface area (Å²) in [6, 6.07) is 16.1. The SMILES string of the molecule is CC(=O)c1c(=O)n(-c2ccccc2)[nH][n+]1CC(=O)c1ccc(C)cc1. The number of carbonyl (C=O) groups excluding carboxylic acids is 2. The largest absolute Gasteiger partial charge is 0.409 e. The van der Waals surface area contributed by atoms with Crippen molar-refractivity contribution in [2.24, 2.45) is 0 Å². The molecule has 0 bridgehead atoms. The molecule has 25 heavy (non-hydrogen) atoms. The van der Waals surface area contributed by atoms with E-state index < -0.39 is 11.3 Å². The van der Waals surface area contributed by atoms with Crippen LogP contribution >= 0.6 is 0 Å². The first-order chi connectivity index (χ1) is 12.0. The fourth-order valence-electron chi connectivity index (χ4n) is 2.62. The molecule has 0 aliphatic heterocycles. The lowest BCUT2D eigenvalue weighted by atomic mass is 10.1. The molecule has 1 N–H and O–H groups in total. The van der Waals surface area contributed by atoms with Crippen molar-refractivity contribution in [1.29, 1.82) is 0 Å². The Kier molecular flexibility index (Phi) is 4.43. The molecule has 0 unspecified atom stereocenters. The summed E-state index contributed by atoms with van der Waals surface area (Å²) >= 11 is 0. The second kappa shape index (κ2) is 6.68. The monoisotopic (exact) mass is 336 g/mol. The number of aryl methyl sites for hydroxylation is 1. The van der Waals surface area contributed by atoms with E-state index in [9.17, 15) is 14.4 Å². The van der Waals surface area contributed by atoms with Gasteiger partial charge < -0.3 is 0 Å². The van der Waals surface area contributed by atoms with E-state index >= 15 is 0 Å². The van der Waals surface area contributed by atoms with Crippen LogP contribution in [0.5, 0.6) is 0 Å². The van der Waals surface area contributed by atoms with E-state index in [-0.39, 0.29) is 18.0 Å². The van der Waals surface area contributed by atoms with Gasteiger partial charge in [-0.2, -0.15) is 0 Å². The molecule has 0 radical (unpaired) electrons. The van der Waals surface area contributed by atoms with Crippen molar-refractivity contribution < 1.29 is 14.3 Å². The van der Waals surface area contributed by atoms with Gasteiger partial charge in [-0.3, -0.25) is 9.59 Å². The Bertz CT molecular complexity index is 983. The Balaban J connectivity index is 2.01. The van der Waals surface area contributed by atoms with Crippen molar-refractivity contribution in [3.8, 4) is 5.69 Å². The second-order valence-corrected chi connectivity index (χ2v) is 5.86. The normalized spacial score (nSPS) is 10.6. The van der Waals surface area contributed by atoms with Gasteiger partial charge in [0.2, 0.25) is 11.6 Å². The number of para-hydroxylation sites is 1. The third-order valence-electron chi connectivity index (χ3n) is 3.92. The zero-order valence-corrected chi connectivity index (χ0v) is 14.0. The Morgan fingerprint density at radius 3 is 2.28 bits per heavy atom. The van der Waals surface area contributed by atoms with Crippen LogP contribution in [0, 0.1) is 6.92 Å². The van der Waals surface area contributed by atoms with Gasteiger partial charge in [0, 0.05) is 12.5 Å². The number of aromatic nitrogens is 3. The van der Waals surface area contributed by atoms with E-state index in [2.05, 4.69) is 5.21 Å². The van der Waals surface area contributed by atoms with Crippen molar-refractivity contribution in [3.05, 3.63) is 81.8 Å². The highest BCUT2D eigenvalue weighted by molar-refractivity contribution is 5.95. The first-order valence-corrected chi connectivity index (χ1v) is 7.88. The Morgan fingerprint density at radius 1 is 1.04 bits per heavy atom. The number of benzene rings is 2. The molecule has 2 aromatic carbocycles. The van der Waals surface area contributed by atoms with Crippen molar-refractivity contribution in [3.63, 3.8) is 0 Å². The van der Waals surface area contributed by atoms with Gasteiger partial charge in [0.15, 0.2) is 12.2 Å². The summed E-state index contributed by atoms with van der Waals surface area (Å²) in [5.41, 5.74) is 1.65. The average Bonchev–Trinajstić information content (AvgIpc) is 2.92. The van der Waals surface area contributed by atoms with Gasteiger partial charge in [0.25, 0.3) is 5.69 Å². The molecule has 3 rings (SSSR count). The zero-order valence-electron chi connectivity index (χ0n) is 14.0. The molecule has 0 aliphatic carbocycles. The third kappa shape index (κ3) is 3.33. The molecule has 0 atom stereocenters. The number of Topliss-reactive ketones (excluding diaryl/α,β-unsaturated/α-hetero) is 2. The molecule has 0 fully saturated rings. The van der Waals surface area contributed by atoms with Crippen molar-refractivity contribution in [2.45, 2.75) is 20.4 Å². The van der Waals surface area contributed by atoms with Crippen molar-refractivity contribution in [1.82, 2.24) is 9.90 Å². The van der Waals surface area contributed by atoms with E-state index in [0.29, 0.717) is 11.3 Å². The van der Waals surface area contributed by atoms with E-state index in [0.717, 1.165) is 5.56 Å². The third-order valence-corrected chi connectivity index (χ3v) is 3.92. The molecule has 6 heteroatoms. The van der Waals surface area contributed by atoms with Gasteiger partial charge in [-0.25, -0.2) is 4.79 Å². The van der Waals surface area contributed by atoms with Crippen LogP contribution in [0.25, 0.3) is 5.69 Å². The first kappa shape index (κ1) is 16.6. The average molecular weight is 336 g/mol. The smallest absolute Gasteiger partial charge is 0.290 e. The quantitative estimate of drug-likeness (QED) is 0.571. The Labute approximate surface area is 144 Å². The molecule has 1 aromatic heterocycles. The Morgan fingerprint density at radius 2 is 1.68 bits per heavy atom. The minimum atomic E-state index is -0.476. The second-order valence-electron chi connectivity index (χ2n) is 5.86. The summed E-state index contributed by atoms with van der Waals surface area (Å²) in [5, 5.41) is 2.84. The summed E-state index contributed by atoms with van der Waals surface area (Å²) in [7, 11) is 0. The number of hydrogen-bond acceptors (Lipinski definition) is 3. The number of nitrogens with one attached hydrogen (secondary N) is 1. The van der Waals surface area contributed by atoms with Crippen LogP contribution in [-0.4, -0.2) is 21.5 Å². The molecule has 0 aliphatic rings. The molecule has 1 heterocycles. The summed E-state index contributed by atoms with van der Waals surface area (Å²) in [4.78, 5) is 37.0. The molecule has 0 amide bonds. The number of carbonyl (C=O) groups is 2. The van der Waals surface area contributed by atoms with Crippen LogP contribution in [0.4, 0.5) is 0 Å². The van der Waals surface area contributed by atoms with Gasteiger partial charge >= 0.3 is 5.56 Å². The summed E-state index contributed by atoms with van der Waals surface area (Å²) < 4.78 is 2.57. The van der Waals surface area contributed by atoms with Crippen molar-refractivity contribution >= 4 is 11.6 Å². The van der Waals surface area contributed by atoms with Gasteiger partial charge in [0.1, 0.15) is 0 Å². The topological polar surface area (TPSA) is 75.8 Å². The van der Waals surface area contributed by atoms with Gasteiger partial charge in [0.05, 0.1) is 0 Å². The lowest BCUT2D eigenvalue weighted by Crippen LogP contribution is -2.46. The fourth-order valence-corrected chi connectivity index (χ4v) is 2.62. The lowest BCUT2D eigenvalue weighted by molar-refractivity contribution is -0.743. The number of aromatic amines is 1. The predicted molar refractivity (Wildman–Crippen MR) is 92.1 cm³/mol. The first-order valence-electron chi connectivity index (χ1n) is 7.88. The highest BCUT2D eigenvalue weighted by atomic mass is 16.2. The van der Waals surface area contributed by atoms with E-state index in [1.165, 1.54) is 16.3 Å². The Hall–Kier alpha value is -3.28. The van der Waals surface area contributed by atoms with Crippen LogP contribution in [-0.2, 0) is 6.54 Å². The molecule has 6 nitrogen and oxygen atoms in total.